The Hall–Kier alpha value is -2.69. The van der Waals surface area contributed by atoms with Crippen molar-refractivity contribution in [1.29, 1.82) is 0 Å². The highest BCUT2D eigenvalue weighted by Crippen LogP contribution is 2.24. The largest absolute Gasteiger partial charge is 0.494 e. The zero-order valence-corrected chi connectivity index (χ0v) is 11.0. The second-order valence-electron chi connectivity index (χ2n) is 4.13. The van der Waals surface area contributed by atoms with E-state index < -0.39 is 0 Å². The van der Waals surface area contributed by atoms with Crippen LogP contribution < -0.4 is 4.74 Å². The molecule has 0 N–H and O–H groups in total. The molecule has 0 unspecified atom stereocenters. The van der Waals surface area contributed by atoms with Crippen LogP contribution in [-0.4, -0.2) is 21.7 Å². The summed E-state index contributed by atoms with van der Waals surface area (Å²) < 4.78 is 10.8. The number of pyridine rings is 1. The molecule has 100 valence electrons. The normalized spacial score (nSPS) is 10.4. The first-order chi connectivity index (χ1) is 9.86. The van der Waals surface area contributed by atoms with Gasteiger partial charge in [0.05, 0.1) is 6.61 Å². The Morgan fingerprint density at radius 1 is 1.15 bits per heavy atom. The lowest BCUT2D eigenvalue weighted by atomic mass is 10.2. The molecular weight excluding hydrogens is 254 g/mol. The molecule has 0 radical (unpaired) electrons. The van der Waals surface area contributed by atoms with Crippen LogP contribution in [0.3, 0.4) is 0 Å². The molecule has 0 fully saturated rings. The predicted molar refractivity (Wildman–Crippen MR) is 74.1 cm³/mol. The summed E-state index contributed by atoms with van der Waals surface area (Å²) in [5, 5.41) is 3.97. The second kappa shape index (κ2) is 5.52. The maximum atomic E-state index is 5.46. The Labute approximate surface area is 116 Å². The highest BCUT2D eigenvalue weighted by Gasteiger charge is 2.11. The lowest BCUT2D eigenvalue weighted by Crippen LogP contribution is -1.91. The number of aromatic nitrogens is 3. The van der Waals surface area contributed by atoms with Gasteiger partial charge in [0.25, 0.3) is 5.89 Å². The van der Waals surface area contributed by atoms with Gasteiger partial charge in [-0.15, -0.1) is 0 Å². The molecule has 1 aromatic carbocycles. The zero-order valence-electron chi connectivity index (χ0n) is 11.0. The van der Waals surface area contributed by atoms with Crippen LogP contribution in [0.1, 0.15) is 6.92 Å². The maximum absolute atomic E-state index is 5.46. The van der Waals surface area contributed by atoms with Gasteiger partial charge < -0.3 is 9.26 Å². The first-order valence-electron chi connectivity index (χ1n) is 6.34. The summed E-state index contributed by atoms with van der Waals surface area (Å²) in [6.45, 7) is 2.56. The van der Waals surface area contributed by atoms with E-state index in [1.165, 1.54) is 0 Å². The highest BCUT2D eigenvalue weighted by atomic mass is 16.5. The highest BCUT2D eigenvalue weighted by molar-refractivity contribution is 5.60. The van der Waals surface area contributed by atoms with Gasteiger partial charge in [0, 0.05) is 23.5 Å². The molecule has 0 amide bonds. The van der Waals surface area contributed by atoms with Crippen molar-refractivity contribution in [3.05, 3.63) is 48.8 Å². The van der Waals surface area contributed by atoms with Crippen molar-refractivity contribution in [3.8, 4) is 28.6 Å². The standard InChI is InChI=1S/C15H13N3O2/c1-2-19-13-7-3-5-11(9-13)15-17-14(18-20-15)12-6-4-8-16-10-12/h3-10H,2H2,1H3. The molecule has 0 spiro atoms. The molecule has 3 rings (SSSR count). The second-order valence-corrected chi connectivity index (χ2v) is 4.13. The van der Waals surface area contributed by atoms with Crippen LogP contribution in [0.5, 0.6) is 5.75 Å². The molecule has 0 saturated carbocycles. The van der Waals surface area contributed by atoms with Crippen molar-refractivity contribution in [2.24, 2.45) is 0 Å². The van der Waals surface area contributed by atoms with E-state index in [2.05, 4.69) is 15.1 Å². The van der Waals surface area contributed by atoms with Gasteiger partial charge in [0.1, 0.15) is 5.75 Å². The molecule has 20 heavy (non-hydrogen) atoms. The molecule has 0 aliphatic carbocycles. The van der Waals surface area contributed by atoms with Gasteiger partial charge in [-0.1, -0.05) is 11.2 Å². The fourth-order valence-electron chi connectivity index (χ4n) is 1.84. The van der Waals surface area contributed by atoms with Crippen molar-refractivity contribution in [3.63, 3.8) is 0 Å². The van der Waals surface area contributed by atoms with E-state index >= 15 is 0 Å². The molecule has 5 heteroatoms. The van der Waals surface area contributed by atoms with Crippen molar-refractivity contribution in [1.82, 2.24) is 15.1 Å². The fourth-order valence-corrected chi connectivity index (χ4v) is 1.84. The Morgan fingerprint density at radius 3 is 2.85 bits per heavy atom. The van der Waals surface area contributed by atoms with Crippen LogP contribution in [0.25, 0.3) is 22.8 Å². The SMILES string of the molecule is CCOc1cccc(-c2nc(-c3cccnc3)no2)c1. The predicted octanol–water partition coefficient (Wildman–Crippen LogP) is 3.20. The Balaban J connectivity index is 1.92. The van der Waals surface area contributed by atoms with Crippen molar-refractivity contribution in [2.75, 3.05) is 6.61 Å². The summed E-state index contributed by atoms with van der Waals surface area (Å²) in [6, 6.07) is 11.3. The summed E-state index contributed by atoms with van der Waals surface area (Å²) in [6.07, 6.45) is 3.40. The Bertz CT molecular complexity index is 695. The molecule has 2 heterocycles. The Kier molecular flexibility index (Phi) is 3.41. The third-order valence-electron chi connectivity index (χ3n) is 2.74. The average molecular weight is 267 g/mol. The van der Waals surface area contributed by atoms with Crippen LogP contribution in [0.15, 0.2) is 53.3 Å². The summed E-state index contributed by atoms with van der Waals surface area (Å²) >= 11 is 0. The fraction of sp³-hybridized carbons (Fsp3) is 0.133. The van der Waals surface area contributed by atoms with E-state index in [1.807, 2.05) is 43.3 Å². The number of hydrogen-bond acceptors (Lipinski definition) is 5. The first-order valence-corrected chi connectivity index (χ1v) is 6.34. The maximum Gasteiger partial charge on any atom is 0.258 e. The van der Waals surface area contributed by atoms with E-state index in [9.17, 15) is 0 Å². The molecule has 0 aliphatic heterocycles. The van der Waals surface area contributed by atoms with Crippen LogP contribution in [-0.2, 0) is 0 Å². The van der Waals surface area contributed by atoms with Crippen molar-refractivity contribution < 1.29 is 9.26 Å². The molecular formula is C15H13N3O2. The minimum absolute atomic E-state index is 0.463. The minimum atomic E-state index is 0.463. The van der Waals surface area contributed by atoms with E-state index in [-0.39, 0.29) is 0 Å². The van der Waals surface area contributed by atoms with Crippen LogP contribution in [0, 0.1) is 0 Å². The van der Waals surface area contributed by atoms with Gasteiger partial charge >= 0.3 is 0 Å². The topological polar surface area (TPSA) is 61.0 Å². The third kappa shape index (κ3) is 2.51. The number of ether oxygens (including phenoxy) is 1. The molecule has 2 aromatic heterocycles. The van der Waals surface area contributed by atoms with E-state index in [0.29, 0.717) is 18.3 Å². The molecule has 0 aliphatic rings. The summed E-state index contributed by atoms with van der Waals surface area (Å²) in [7, 11) is 0. The molecule has 5 nitrogen and oxygen atoms in total. The number of nitrogens with zero attached hydrogens (tertiary/aromatic N) is 3. The smallest absolute Gasteiger partial charge is 0.258 e. The number of benzene rings is 1. The lowest BCUT2D eigenvalue weighted by Gasteiger charge is -2.02. The number of hydrogen-bond donors (Lipinski definition) is 0. The van der Waals surface area contributed by atoms with Crippen LogP contribution in [0.4, 0.5) is 0 Å². The first kappa shape index (κ1) is 12.3. The molecule has 0 saturated heterocycles. The van der Waals surface area contributed by atoms with E-state index in [1.54, 1.807) is 12.4 Å². The quantitative estimate of drug-likeness (QED) is 0.726. The Morgan fingerprint density at radius 2 is 2.05 bits per heavy atom. The summed E-state index contributed by atoms with van der Waals surface area (Å²) in [4.78, 5) is 8.42. The lowest BCUT2D eigenvalue weighted by molar-refractivity contribution is 0.340. The number of rotatable bonds is 4. The zero-order chi connectivity index (χ0) is 13.8. The molecule has 0 atom stereocenters. The van der Waals surface area contributed by atoms with Gasteiger partial charge in [-0.2, -0.15) is 4.98 Å². The van der Waals surface area contributed by atoms with Gasteiger partial charge in [-0.25, -0.2) is 0 Å². The van der Waals surface area contributed by atoms with Gasteiger partial charge in [-0.3, -0.25) is 4.98 Å². The minimum Gasteiger partial charge on any atom is -0.494 e. The van der Waals surface area contributed by atoms with Crippen molar-refractivity contribution in [2.45, 2.75) is 6.92 Å². The van der Waals surface area contributed by atoms with Crippen LogP contribution >= 0.6 is 0 Å². The van der Waals surface area contributed by atoms with Crippen molar-refractivity contribution >= 4 is 0 Å². The molecule has 3 aromatic rings. The van der Waals surface area contributed by atoms with Gasteiger partial charge in [0.15, 0.2) is 0 Å². The molecule has 0 bridgehead atoms. The monoisotopic (exact) mass is 267 g/mol. The average Bonchev–Trinajstić information content (AvgIpc) is 2.99. The summed E-state index contributed by atoms with van der Waals surface area (Å²) in [5.41, 5.74) is 1.65. The summed E-state index contributed by atoms with van der Waals surface area (Å²) in [5.74, 6) is 1.77. The van der Waals surface area contributed by atoms with Gasteiger partial charge in [-0.05, 0) is 37.3 Å². The van der Waals surface area contributed by atoms with E-state index in [0.717, 1.165) is 16.9 Å². The third-order valence-corrected chi connectivity index (χ3v) is 2.74. The van der Waals surface area contributed by atoms with Gasteiger partial charge in [0.2, 0.25) is 5.82 Å². The van der Waals surface area contributed by atoms with Crippen LogP contribution in [0.2, 0.25) is 0 Å². The van der Waals surface area contributed by atoms with E-state index in [4.69, 9.17) is 9.26 Å².